The Morgan fingerprint density at radius 2 is 2.38 bits per heavy atom. The summed E-state index contributed by atoms with van der Waals surface area (Å²) in [4.78, 5) is 38.5. The van der Waals surface area contributed by atoms with Gasteiger partial charge >= 0.3 is 5.69 Å². The number of nitrogens with two attached hydrogens (primary N) is 1. The Balaban J connectivity index is 2.07. The van der Waals surface area contributed by atoms with Crippen molar-refractivity contribution in [1.82, 2.24) is 9.55 Å². The van der Waals surface area contributed by atoms with Gasteiger partial charge in [0.1, 0.15) is 12.3 Å². The van der Waals surface area contributed by atoms with Gasteiger partial charge in [-0.3, -0.25) is 9.13 Å². The largest absolute Gasteiger partial charge is 0.756 e. The molecule has 4 atom stereocenters. The maximum atomic E-state index is 11.7. The van der Waals surface area contributed by atoms with Crippen molar-refractivity contribution in [3.8, 4) is 5.88 Å². The van der Waals surface area contributed by atoms with Crippen molar-refractivity contribution in [3.63, 3.8) is 0 Å². The van der Waals surface area contributed by atoms with Crippen LogP contribution in [-0.4, -0.2) is 38.4 Å². The van der Waals surface area contributed by atoms with Crippen LogP contribution in [-0.2, 0) is 13.8 Å². The summed E-state index contributed by atoms with van der Waals surface area (Å²) in [5.74, 6) is 4.79. The van der Waals surface area contributed by atoms with Crippen molar-refractivity contribution in [3.05, 3.63) is 22.7 Å². The van der Waals surface area contributed by atoms with Gasteiger partial charge < -0.3 is 29.0 Å². The van der Waals surface area contributed by atoms with E-state index in [1.807, 2.05) is 0 Å². The van der Waals surface area contributed by atoms with Crippen LogP contribution in [0.1, 0.15) is 12.6 Å². The molecule has 1 fully saturated rings. The van der Waals surface area contributed by atoms with Crippen molar-refractivity contribution in [2.24, 2.45) is 5.90 Å². The minimum absolute atomic E-state index is 0.0209. The topological polar surface area (TPSA) is 169 Å². The predicted molar refractivity (Wildman–Crippen MR) is 63.6 cm³/mol. The number of aliphatic hydroxyl groups excluding tert-OH is 1. The molecule has 1 aliphatic heterocycles. The van der Waals surface area contributed by atoms with Gasteiger partial charge in [-0.25, -0.2) is 4.79 Å². The van der Waals surface area contributed by atoms with Gasteiger partial charge in [0, 0.05) is 18.7 Å². The standard InChI is InChI=1S/C9H14N3O8P/c10-20-7-1-2-12(9(14)11-7)8-3-5(13)6(19-8)4-18-21(15,16)17/h1-2,5-6,8,13H,3-4,10H2,(H2,15,16,17)/p-1/t5?,6-,8-/m1/s1. The summed E-state index contributed by atoms with van der Waals surface area (Å²) < 4.78 is 21.1. The molecule has 1 aliphatic rings. The van der Waals surface area contributed by atoms with E-state index < -0.39 is 38.6 Å². The van der Waals surface area contributed by atoms with Gasteiger partial charge in [-0.1, -0.05) is 0 Å². The van der Waals surface area contributed by atoms with Crippen LogP contribution in [0.25, 0.3) is 0 Å². The summed E-state index contributed by atoms with van der Waals surface area (Å²) in [5.41, 5.74) is -0.714. The van der Waals surface area contributed by atoms with E-state index in [1.165, 1.54) is 12.3 Å². The molecule has 11 nitrogen and oxygen atoms in total. The highest BCUT2D eigenvalue weighted by molar-refractivity contribution is 7.44. The lowest BCUT2D eigenvalue weighted by atomic mass is 10.2. The third-order valence-corrected chi connectivity index (χ3v) is 3.32. The molecule has 0 aromatic carbocycles. The van der Waals surface area contributed by atoms with Gasteiger partial charge in [-0.05, 0) is 0 Å². The first-order chi connectivity index (χ1) is 9.80. The first-order valence-electron chi connectivity index (χ1n) is 5.78. The lowest BCUT2D eigenvalue weighted by molar-refractivity contribution is -0.222. The molecule has 2 heterocycles. The Morgan fingerprint density at radius 3 is 2.95 bits per heavy atom. The molecule has 0 saturated carbocycles. The second-order valence-corrected chi connectivity index (χ2v) is 5.47. The lowest BCUT2D eigenvalue weighted by Gasteiger charge is -2.20. The SMILES string of the molecule is NOc1ccn([C@H]2CC(O)[C@@H](COP(=O)([O-])O)O2)c(=O)n1. The fraction of sp³-hybridized carbons (Fsp3) is 0.556. The van der Waals surface area contributed by atoms with E-state index in [4.69, 9.17) is 15.5 Å². The highest BCUT2D eigenvalue weighted by Gasteiger charge is 2.36. The van der Waals surface area contributed by atoms with Crippen LogP contribution < -0.4 is 21.3 Å². The average molecular weight is 322 g/mol. The summed E-state index contributed by atoms with van der Waals surface area (Å²) >= 11 is 0. The normalized spacial score (nSPS) is 28.3. The molecule has 2 rings (SSSR count). The molecule has 0 amide bonds. The van der Waals surface area contributed by atoms with Crippen LogP contribution in [0.15, 0.2) is 17.1 Å². The van der Waals surface area contributed by atoms with Crippen LogP contribution >= 0.6 is 7.82 Å². The van der Waals surface area contributed by atoms with Crippen molar-refractivity contribution >= 4 is 7.82 Å². The number of hydrogen-bond acceptors (Lipinski definition) is 9. The molecular formula is C9H13N3O8P-. The summed E-state index contributed by atoms with van der Waals surface area (Å²) in [6.07, 6.45) is -1.61. The zero-order chi connectivity index (χ0) is 15.6. The Bertz CT molecular complexity index is 601. The van der Waals surface area contributed by atoms with Crippen LogP contribution in [0.5, 0.6) is 5.88 Å². The van der Waals surface area contributed by atoms with Gasteiger partial charge in [-0.15, -0.1) is 0 Å². The monoisotopic (exact) mass is 322 g/mol. The number of aromatic nitrogens is 2. The molecular weight excluding hydrogens is 309 g/mol. The maximum absolute atomic E-state index is 11.7. The lowest BCUT2D eigenvalue weighted by Crippen LogP contribution is -2.28. The highest BCUT2D eigenvalue weighted by Crippen LogP contribution is 2.34. The van der Waals surface area contributed by atoms with Crippen molar-refractivity contribution in [2.75, 3.05) is 6.61 Å². The number of hydrogen-bond donors (Lipinski definition) is 3. The molecule has 0 aliphatic carbocycles. The second kappa shape index (κ2) is 6.20. The van der Waals surface area contributed by atoms with Crippen LogP contribution in [0.4, 0.5) is 0 Å². The molecule has 2 unspecified atom stereocenters. The van der Waals surface area contributed by atoms with Crippen molar-refractivity contribution in [2.45, 2.75) is 24.9 Å². The fourth-order valence-electron chi connectivity index (χ4n) is 1.89. The fourth-order valence-corrected chi connectivity index (χ4v) is 2.22. The van der Waals surface area contributed by atoms with Crippen molar-refractivity contribution in [1.29, 1.82) is 0 Å². The molecule has 0 spiro atoms. The third-order valence-electron chi connectivity index (χ3n) is 2.84. The highest BCUT2D eigenvalue weighted by atomic mass is 31.2. The number of phosphoric acid groups is 1. The van der Waals surface area contributed by atoms with E-state index in [0.29, 0.717) is 0 Å². The minimum atomic E-state index is -4.91. The van der Waals surface area contributed by atoms with E-state index in [1.54, 1.807) is 0 Å². The minimum Gasteiger partial charge on any atom is -0.756 e. The first kappa shape index (κ1) is 16.0. The molecule has 12 heteroatoms. The molecule has 0 radical (unpaired) electrons. The maximum Gasteiger partial charge on any atom is 0.353 e. The Kier molecular flexibility index (Phi) is 4.74. The zero-order valence-corrected chi connectivity index (χ0v) is 11.5. The molecule has 1 aromatic rings. The predicted octanol–water partition coefficient (Wildman–Crippen LogP) is -2.38. The van der Waals surface area contributed by atoms with Crippen LogP contribution in [0.2, 0.25) is 0 Å². The Labute approximate surface area is 118 Å². The van der Waals surface area contributed by atoms with Gasteiger partial charge in [0.05, 0.1) is 12.7 Å². The quantitative estimate of drug-likeness (QED) is 0.393. The Morgan fingerprint density at radius 1 is 1.67 bits per heavy atom. The Hall–Kier alpha value is -1.33. The summed E-state index contributed by atoms with van der Waals surface area (Å²) in [5, 5.41) is 9.75. The van der Waals surface area contributed by atoms with Crippen LogP contribution in [0.3, 0.4) is 0 Å². The van der Waals surface area contributed by atoms with Gasteiger partial charge in [-0.2, -0.15) is 10.9 Å². The number of aliphatic hydroxyl groups is 1. The van der Waals surface area contributed by atoms with Gasteiger partial charge in [0.25, 0.3) is 7.82 Å². The zero-order valence-electron chi connectivity index (χ0n) is 10.6. The van der Waals surface area contributed by atoms with Crippen molar-refractivity contribution < 1.29 is 33.6 Å². The van der Waals surface area contributed by atoms with E-state index in [-0.39, 0.29) is 12.3 Å². The molecule has 4 N–H and O–H groups in total. The summed E-state index contributed by atoms with van der Waals surface area (Å²) in [6.45, 7) is -0.568. The molecule has 1 aromatic heterocycles. The van der Waals surface area contributed by atoms with Crippen LogP contribution in [0, 0.1) is 0 Å². The van der Waals surface area contributed by atoms with E-state index in [0.717, 1.165) is 4.57 Å². The number of nitrogens with zero attached hydrogens (tertiary/aromatic N) is 2. The third kappa shape index (κ3) is 4.08. The number of ether oxygens (including phenoxy) is 1. The van der Waals surface area contributed by atoms with Gasteiger partial charge in [0.15, 0.2) is 0 Å². The second-order valence-electron chi connectivity index (χ2n) is 4.27. The molecule has 21 heavy (non-hydrogen) atoms. The van der Waals surface area contributed by atoms with E-state index in [9.17, 15) is 19.4 Å². The summed E-state index contributed by atoms with van der Waals surface area (Å²) in [6, 6.07) is 1.32. The summed E-state index contributed by atoms with van der Waals surface area (Å²) in [7, 11) is -4.91. The number of phosphoric ester groups is 1. The first-order valence-corrected chi connectivity index (χ1v) is 7.27. The number of rotatable bonds is 5. The molecule has 0 bridgehead atoms. The smallest absolute Gasteiger partial charge is 0.353 e. The molecule has 1 saturated heterocycles. The van der Waals surface area contributed by atoms with E-state index >= 15 is 0 Å². The van der Waals surface area contributed by atoms with Gasteiger partial charge in [0.2, 0.25) is 5.88 Å². The average Bonchev–Trinajstić information content (AvgIpc) is 2.76. The van der Waals surface area contributed by atoms with E-state index in [2.05, 4.69) is 14.3 Å². The molecule has 118 valence electrons.